The van der Waals surface area contributed by atoms with Gasteiger partial charge in [0.15, 0.2) is 8.46 Å². The van der Waals surface area contributed by atoms with E-state index in [1.807, 2.05) is 0 Å². The van der Waals surface area contributed by atoms with Crippen molar-refractivity contribution in [3.63, 3.8) is 0 Å². The molecule has 0 aromatic heterocycles. The van der Waals surface area contributed by atoms with Gasteiger partial charge in [-0.15, -0.1) is 0 Å². The van der Waals surface area contributed by atoms with Crippen LogP contribution in [0.3, 0.4) is 0 Å². The molecule has 2 radical (unpaired) electrons. The Morgan fingerprint density at radius 2 is 1.40 bits per heavy atom. The van der Waals surface area contributed by atoms with E-state index in [0.717, 1.165) is 0 Å². The first-order valence-corrected chi connectivity index (χ1v) is 1.89. The van der Waals surface area contributed by atoms with Gasteiger partial charge in [0.2, 0.25) is 0 Å². The van der Waals surface area contributed by atoms with Gasteiger partial charge in [0.05, 0.1) is 0 Å². The van der Waals surface area contributed by atoms with Crippen molar-refractivity contribution in [1.29, 1.82) is 0 Å². The molecule has 0 heterocycles. The molecule has 0 N–H and O–H groups in total. The second-order valence-corrected chi connectivity index (χ2v) is 0.548. The van der Waals surface area contributed by atoms with Crippen molar-refractivity contribution in [2.45, 2.75) is 0 Å². The third-order valence-corrected chi connectivity index (χ3v) is 0. The number of rotatable bonds is 0. The van der Waals surface area contributed by atoms with Gasteiger partial charge in [-0.05, 0) is 0 Å². The minimum absolute atomic E-state index is 0. The molecule has 0 fully saturated rings. The summed E-state index contributed by atoms with van der Waals surface area (Å²) < 4.78 is 8.90. The van der Waals surface area contributed by atoms with E-state index in [1.54, 1.807) is 6.66 Å². The molecule has 5 heavy (non-hydrogen) atoms. The van der Waals surface area contributed by atoms with Crippen molar-refractivity contribution in [2.75, 3.05) is 6.66 Å². The van der Waals surface area contributed by atoms with E-state index in [-0.39, 0.29) is 73.9 Å². The van der Waals surface area contributed by atoms with Crippen molar-refractivity contribution >= 4 is 8.46 Å². The zero-order valence-corrected chi connectivity index (χ0v) is 9.58. The maximum absolute atomic E-state index is 8.90. The molecule has 0 amide bonds. The van der Waals surface area contributed by atoms with Gasteiger partial charge in [0.25, 0.3) is 0 Å². The van der Waals surface area contributed by atoms with E-state index < -0.39 is 0 Å². The van der Waals surface area contributed by atoms with Crippen LogP contribution in [0, 0.1) is 0 Å². The maximum Gasteiger partial charge on any atom is 0.151 e. The normalized spacial score (nSPS) is 4.20. The molecule has 0 aromatic carbocycles. The molecule has 4 heteroatoms. The molecule has 0 bridgehead atoms. The molecular formula is CH3OPY2. The average molecular weight is 240 g/mol. The first kappa shape index (κ1) is 15.7. The molecule has 0 aliphatic rings. The molecule has 0 saturated carbocycles. The second kappa shape index (κ2) is 16.2. The fraction of sp³-hybridized carbons (Fsp3) is 1.00. The minimum atomic E-state index is 0. The number of hydrogen-bond donors (Lipinski definition) is 0. The predicted molar refractivity (Wildman–Crippen MR) is 13.5 cm³/mol. The topological polar surface area (TPSA) is 17.1 Å². The van der Waals surface area contributed by atoms with Gasteiger partial charge in [-0.1, -0.05) is 0 Å². The van der Waals surface area contributed by atoms with Gasteiger partial charge in [0.1, 0.15) is 0 Å². The van der Waals surface area contributed by atoms with E-state index in [1.165, 1.54) is 0 Å². The number of hydrogen-bond acceptors (Lipinski definition) is 1. The van der Waals surface area contributed by atoms with Gasteiger partial charge in [-0.2, -0.15) is 0 Å². The summed E-state index contributed by atoms with van der Waals surface area (Å²) in [5.41, 5.74) is 0. The van der Waals surface area contributed by atoms with Gasteiger partial charge < -0.3 is 0 Å². The van der Waals surface area contributed by atoms with Crippen molar-refractivity contribution in [3.8, 4) is 0 Å². The molecule has 0 atom stereocenters. The first-order valence-electron chi connectivity index (χ1n) is 0.630. The summed E-state index contributed by atoms with van der Waals surface area (Å²) in [5, 5.41) is 0. The quantitative estimate of drug-likeness (QED) is 0.575. The zero-order chi connectivity index (χ0) is 2.71. The van der Waals surface area contributed by atoms with Crippen LogP contribution in [-0.4, -0.2) is 6.66 Å². The Hall–Kier alpha value is 2.31. The Morgan fingerprint density at radius 3 is 1.40 bits per heavy atom. The van der Waals surface area contributed by atoms with E-state index >= 15 is 0 Å². The fourth-order valence-electron chi connectivity index (χ4n) is 0. The molecule has 0 aliphatic carbocycles. The Morgan fingerprint density at radius 1 is 1.40 bits per heavy atom. The predicted octanol–water partition coefficient (Wildman–Crippen LogP) is 0.903. The molecule has 0 aromatic rings. The summed E-state index contributed by atoms with van der Waals surface area (Å²) in [6, 6.07) is 0. The molecule has 24 valence electrons. The average Bonchev–Trinajstić information content (AvgIpc) is 0.918. The van der Waals surface area contributed by atoms with E-state index in [0.29, 0.717) is 0 Å². The van der Waals surface area contributed by atoms with Gasteiger partial charge in [-0.25, -0.2) is 0 Å². The van der Waals surface area contributed by atoms with Crippen LogP contribution in [0.4, 0.5) is 0 Å². The fourth-order valence-corrected chi connectivity index (χ4v) is 0. The summed E-state index contributed by atoms with van der Waals surface area (Å²) in [4.78, 5) is 0. The zero-order valence-electron chi connectivity index (χ0n) is 3.01. The largest absolute Gasteiger partial charge is 0.275 e. The summed E-state index contributed by atoms with van der Waals surface area (Å²) in [7, 11) is 0.167. The van der Waals surface area contributed by atoms with Crippen LogP contribution in [0.1, 0.15) is 0 Å². The van der Waals surface area contributed by atoms with Crippen molar-refractivity contribution in [1.82, 2.24) is 0 Å². The molecule has 0 unspecified atom stereocenters. The van der Waals surface area contributed by atoms with Crippen molar-refractivity contribution < 1.29 is 70.0 Å². The minimum Gasteiger partial charge on any atom is -0.275 e. The Labute approximate surface area is 83.6 Å². The smallest absolute Gasteiger partial charge is 0.151 e. The second-order valence-electron chi connectivity index (χ2n) is 0.183. The molecule has 1 nitrogen and oxygen atoms in total. The standard InChI is InChI=1S/CH3OP.2Y/c1-3-2;;/h1H3;;. The van der Waals surface area contributed by atoms with E-state index in [4.69, 9.17) is 4.57 Å². The van der Waals surface area contributed by atoms with Crippen LogP contribution in [-0.2, 0) is 70.0 Å². The SMILES string of the molecule is CP=O.[Y].[Y]. The molecule has 0 spiro atoms. The van der Waals surface area contributed by atoms with Crippen LogP contribution >= 0.6 is 8.46 Å². The van der Waals surface area contributed by atoms with E-state index in [2.05, 4.69) is 0 Å². The van der Waals surface area contributed by atoms with Crippen LogP contribution in [0.2, 0.25) is 0 Å². The Balaban J connectivity index is -0.0000000200. The van der Waals surface area contributed by atoms with Crippen LogP contribution in [0.15, 0.2) is 0 Å². The monoisotopic (exact) mass is 240 g/mol. The Kier molecular flexibility index (Phi) is 50.9. The Bertz CT molecular complexity index is 17.1. The molecule has 0 aliphatic heterocycles. The summed E-state index contributed by atoms with van der Waals surface area (Å²) in [6.45, 7) is 1.54. The third-order valence-electron chi connectivity index (χ3n) is 0. The van der Waals surface area contributed by atoms with Crippen molar-refractivity contribution in [3.05, 3.63) is 0 Å². The summed E-state index contributed by atoms with van der Waals surface area (Å²) in [5.74, 6) is 0. The summed E-state index contributed by atoms with van der Waals surface area (Å²) in [6.07, 6.45) is 0. The maximum atomic E-state index is 8.90. The van der Waals surface area contributed by atoms with E-state index in [9.17, 15) is 0 Å². The van der Waals surface area contributed by atoms with Gasteiger partial charge in [-0.3, -0.25) is 4.57 Å². The molecule has 0 rings (SSSR count). The summed E-state index contributed by atoms with van der Waals surface area (Å²) >= 11 is 0. The van der Waals surface area contributed by atoms with Crippen LogP contribution < -0.4 is 0 Å². The molecular weight excluding hydrogens is 237 g/mol. The molecule has 0 saturated heterocycles. The van der Waals surface area contributed by atoms with Gasteiger partial charge in [0, 0.05) is 72.1 Å². The third kappa shape index (κ3) is 22.0. The van der Waals surface area contributed by atoms with Crippen LogP contribution in [0.5, 0.6) is 0 Å². The first-order chi connectivity index (χ1) is 1.41. The van der Waals surface area contributed by atoms with Crippen molar-refractivity contribution in [2.24, 2.45) is 0 Å². The van der Waals surface area contributed by atoms with Gasteiger partial charge >= 0.3 is 0 Å². The van der Waals surface area contributed by atoms with Crippen LogP contribution in [0.25, 0.3) is 0 Å².